The first-order valence-electron chi connectivity index (χ1n) is 9.68. The molecular weight excluding hydrogens is 444 g/mol. The SMILES string of the molecule is CCCNC(=O)COCC(=O)[N-]c1ccc(C(=O)C2=C(NC)CCCC2)cc1.[Rb+]. The van der Waals surface area contributed by atoms with E-state index >= 15 is 0 Å². The van der Waals surface area contributed by atoms with Crippen LogP contribution in [0, 0.1) is 0 Å². The Morgan fingerprint density at radius 1 is 1.07 bits per heavy atom. The summed E-state index contributed by atoms with van der Waals surface area (Å²) in [5.41, 5.74) is 2.89. The summed E-state index contributed by atoms with van der Waals surface area (Å²) in [6.45, 7) is 2.10. The van der Waals surface area contributed by atoms with Crippen LogP contribution in [0.3, 0.4) is 0 Å². The Morgan fingerprint density at radius 3 is 2.41 bits per heavy atom. The molecule has 0 atom stereocenters. The normalized spacial score (nSPS) is 13.3. The zero-order chi connectivity index (χ0) is 20.4. The van der Waals surface area contributed by atoms with Gasteiger partial charge in [-0.1, -0.05) is 31.2 Å². The molecule has 1 aromatic rings. The van der Waals surface area contributed by atoms with Gasteiger partial charge in [0.1, 0.15) is 6.61 Å². The quantitative estimate of drug-likeness (QED) is 0.468. The number of carbonyl (C=O) groups is 3. The molecule has 0 radical (unpaired) electrons. The van der Waals surface area contributed by atoms with E-state index in [2.05, 4.69) is 16.0 Å². The van der Waals surface area contributed by atoms with Crippen molar-refractivity contribution in [2.24, 2.45) is 0 Å². The van der Waals surface area contributed by atoms with Crippen LogP contribution >= 0.6 is 0 Å². The third-order valence-corrected chi connectivity index (χ3v) is 4.46. The molecule has 1 aliphatic carbocycles. The van der Waals surface area contributed by atoms with Crippen LogP contribution in [0.1, 0.15) is 49.4 Å². The monoisotopic (exact) mass is 471 g/mol. The summed E-state index contributed by atoms with van der Waals surface area (Å²) in [5, 5.41) is 9.73. The van der Waals surface area contributed by atoms with Crippen molar-refractivity contribution in [2.45, 2.75) is 39.0 Å². The largest absolute Gasteiger partial charge is 1.00 e. The third kappa shape index (κ3) is 8.80. The van der Waals surface area contributed by atoms with E-state index < -0.39 is 5.91 Å². The van der Waals surface area contributed by atoms with Gasteiger partial charge < -0.3 is 25.5 Å². The minimum atomic E-state index is -0.477. The van der Waals surface area contributed by atoms with Gasteiger partial charge in [0.2, 0.25) is 5.91 Å². The average Bonchev–Trinajstić information content (AvgIpc) is 2.72. The van der Waals surface area contributed by atoms with Crippen molar-refractivity contribution in [3.8, 4) is 0 Å². The minimum Gasteiger partial charge on any atom is -0.625 e. The van der Waals surface area contributed by atoms with Crippen LogP contribution < -0.4 is 68.8 Å². The van der Waals surface area contributed by atoms with Gasteiger partial charge >= 0.3 is 58.2 Å². The number of Topliss-reactive ketones (excluding diaryl/α,β-unsaturated/α-hetero) is 1. The minimum absolute atomic E-state index is 0. The number of hydrogen-bond acceptors (Lipinski definition) is 5. The van der Waals surface area contributed by atoms with Crippen molar-refractivity contribution in [3.63, 3.8) is 0 Å². The number of carbonyl (C=O) groups excluding carboxylic acids is 3. The maximum absolute atomic E-state index is 12.7. The number of nitrogens with one attached hydrogen (secondary N) is 2. The van der Waals surface area contributed by atoms with E-state index in [0.717, 1.165) is 43.4 Å². The summed E-state index contributed by atoms with van der Waals surface area (Å²) < 4.78 is 5.07. The summed E-state index contributed by atoms with van der Waals surface area (Å²) in [4.78, 5) is 36.0. The maximum Gasteiger partial charge on any atom is 1.00 e. The summed E-state index contributed by atoms with van der Waals surface area (Å²) in [6, 6.07) is 6.65. The van der Waals surface area contributed by atoms with E-state index in [1.54, 1.807) is 24.3 Å². The van der Waals surface area contributed by atoms with Gasteiger partial charge in [0.25, 0.3) is 0 Å². The zero-order valence-corrected chi connectivity index (χ0v) is 22.5. The van der Waals surface area contributed by atoms with E-state index in [1.165, 1.54) is 0 Å². The van der Waals surface area contributed by atoms with Crippen LogP contribution in [0.4, 0.5) is 5.69 Å². The van der Waals surface area contributed by atoms with Crippen LogP contribution in [0.25, 0.3) is 5.32 Å². The second kappa shape index (κ2) is 14.2. The molecule has 29 heavy (non-hydrogen) atoms. The van der Waals surface area contributed by atoms with Crippen molar-refractivity contribution in [2.75, 3.05) is 26.8 Å². The Balaban J connectivity index is 0.00000420. The van der Waals surface area contributed by atoms with Gasteiger partial charge in [0.05, 0.1) is 12.5 Å². The molecule has 1 aliphatic rings. The number of ketones is 1. The molecule has 2 amide bonds. The molecule has 0 aromatic heterocycles. The Kier molecular flexibility index (Phi) is 12.8. The van der Waals surface area contributed by atoms with Gasteiger partial charge in [-0.15, -0.1) is 5.69 Å². The van der Waals surface area contributed by atoms with E-state index in [4.69, 9.17) is 4.74 Å². The maximum atomic E-state index is 12.7. The Bertz CT molecular complexity index is 732. The number of benzene rings is 1. The predicted molar refractivity (Wildman–Crippen MR) is 107 cm³/mol. The van der Waals surface area contributed by atoms with E-state index in [1.807, 2.05) is 14.0 Å². The first-order valence-corrected chi connectivity index (χ1v) is 9.68. The molecule has 0 aliphatic heterocycles. The molecule has 0 saturated heterocycles. The molecule has 0 spiro atoms. The molecule has 0 heterocycles. The number of rotatable bonds is 10. The first kappa shape index (κ1) is 26.2. The Morgan fingerprint density at radius 2 is 1.76 bits per heavy atom. The number of amides is 2. The fourth-order valence-corrected chi connectivity index (χ4v) is 3.02. The summed E-state index contributed by atoms with van der Waals surface area (Å²) >= 11 is 0. The molecule has 1 aromatic carbocycles. The molecule has 0 unspecified atom stereocenters. The third-order valence-electron chi connectivity index (χ3n) is 4.46. The smallest absolute Gasteiger partial charge is 0.625 e. The first-order chi connectivity index (χ1) is 13.5. The van der Waals surface area contributed by atoms with Crippen LogP contribution in [0.5, 0.6) is 0 Å². The number of nitrogens with zero attached hydrogens (tertiary/aromatic N) is 1. The van der Waals surface area contributed by atoms with Gasteiger partial charge in [-0.2, -0.15) is 0 Å². The molecule has 0 bridgehead atoms. The van der Waals surface area contributed by atoms with E-state index in [-0.39, 0.29) is 83.1 Å². The fraction of sp³-hybridized carbons (Fsp3) is 0.476. The van der Waals surface area contributed by atoms with Crippen molar-refractivity contribution >= 4 is 23.3 Å². The predicted octanol–water partition coefficient (Wildman–Crippen LogP) is -0.00460. The molecular formula is C21H28N3O4Rb. The molecule has 2 N–H and O–H groups in total. The van der Waals surface area contributed by atoms with Gasteiger partial charge in [-0.05, 0) is 32.1 Å². The molecule has 0 saturated carbocycles. The number of hydrogen-bond donors (Lipinski definition) is 2. The summed E-state index contributed by atoms with van der Waals surface area (Å²) in [6.07, 6.45) is 4.63. The van der Waals surface area contributed by atoms with Crippen LogP contribution in [0.2, 0.25) is 0 Å². The van der Waals surface area contributed by atoms with Crippen molar-refractivity contribution < 1.29 is 77.3 Å². The van der Waals surface area contributed by atoms with E-state index in [0.29, 0.717) is 17.8 Å². The second-order valence-corrected chi connectivity index (χ2v) is 6.64. The number of allylic oxidation sites excluding steroid dienone is 2. The van der Waals surface area contributed by atoms with Crippen LogP contribution in [-0.2, 0) is 14.3 Å². The van der Waals surface area contributed by atoms with Gasteiger partial charge in [-0.3, -0.25) is 9.59 Å². The molecule has 2 rings (SSSR count). The van der Waals surface area contributed by atoms with Crippen LogP contribution in [0.15, 0.2) is 35.5 Å². The Labute approximate surface area is 221 Å². The summed E-state index contributed by atoms with van der Waals surface area (Å²) in [7, 11) is 1.84. The van der Waals surface area contributed by atoms with Gasteiger partial charge in [0.15, 0.2) is 5.78 Å². The topological polar surface area (TPSA) is 98.6 Å². The van der Waals surface area contributed by atoms with Gasteiger partial charge in [0, 0.05) is 30.4 Å². The molecule has 8 heteroatoms. The van der Waals surface area contributed by atoms with E-state index in [9.17, 15) is 14.4 Å². The average molecular weight is 472 g/mol. The van der Waals surface area contributed by atoms with Crippen molar-refractivity contribution in [3.05, 3.63) is 46.4 Å². The van der Waals surface area contributed by atoms with Gasteiger partial charge in [-0.25, -0.2) is 0 Å². The molecule has 0 fully saturated rings. The second-order valence-electron chi connectivity index (χ2n) is 6.64. The number of ether oxygens (including phenoxy) is 1. The van der Waals surface area contributed by atoms with Crippen LogP contribution in [-0.4, -0.2) is 44.4 Å². The molecule has 152 valence electrons. The Hall–Kier alpha value is -0.865. The molecule has 7 nitrogen and oxygen atoms in total. The van der Waals surface area contributed by atoms with Crippen molar-refractivity contribution in [1.82, 2.24) is 10.6 Å². The zero-order valence-electron chi connectivity index (χ0n) is 17.5. The summed E-state index contributed by atoms with van der Waals surface area (Å²) in [5.74, 6) is -0.714. The van der Waals surface area contributed by atoms with Crippen molar-refractivity contribution in [1.29, 1.82) is 0 Å². The fourth-order valence-electron chi connectivity index (χ4n) is 3.02. The standard InChI is InChI=1S/C21H29N3O4.Rb/c1-3-12-23-19(25)13-28-14-20(26)24-16-10-8-15(9-11-16)21(27)17-6-4-5-7-18(17)22-2;/h8-11H,3-7,12-14H2,1-2H3,(H3,22,23,24,25,26,27);/q;+1/p-1.